The largest absolute Gasteiger partial charge is 0.496 e. The van der Waals surface area contributed by atoms with Gasteiger partial charge in [-0.2, -0.15) is 0 Å². The van der Waals surface area contributed by atoms with Crippen LogP contribution in [0.4, 0.5) is 0 Å². The molecule has 0 bridgehead atoms. The number of methoxy groups -OCH3 is 1. The van der Waals surface area contributed by atoms with Crippen molar-refractivity contribution in [2.75, 3.05) is 13.7 Å². The molecule has 1 fully saturated rings. The van der Waals surface area contributed by atoms with Crippen molar-refractivity contribution in [1.82, 2.24) is 5.32 Å². The minimum atomic E-state index is -0.216. The van der Waals surface area contributed by atoms with E-state index in [2.05, 4.69) is 5.32 Å². The summed E-state index contributed by atoms with van der Waals surface area (Å²) in [5, 5.41) is 3.04. The lowest BCUT2D eigenvalue weighted by Crippen LogP contribution is -2.32. The lowest BCUT2D eigenvalue weighted by atomic mass is 9.94. The SMILES string of the molecule is COc1ccccc1C(CCN)C(=O)NC1CC1. The van der Waals surface area contributed by atoms with Crippen molar-refractivity contribution in [3.63, 3.8) is 0 Å². The van der Waals surface area contributed by atoms with E-state index in [-0.39, 0.29) is 11.8 Å². The summed E-state index contributed by atoms with van der Waals surface area (Å²) in [5.41, 5.74) is 6.54. The van der Waals surface area contributed by atoms with Crippen LogP contribution in [0.1, 0.15) is 30.7 Å². The van der Waals surface area contributed by atoms with Gasteiger partial charge < -0.3 is 15.8 Å². The number of benzene rings is 1. The molecule has 1 saturated carbocycles. The Balaban J connectivity index is 2.18. The van der Waals surface area contributed by atoms with Gasteiger partial charge in [-0.3, -0.25) is 4.79 Å². The van der Waals surface area contributed by atoms with E-state index in [1.807, 2.05) is 24.3 Å². The van der Waals surface area contributed by atoms with Gasteiger partial charge in [0.2, 0.25) is 5.91 Å². The van der Waals surface area contributed by atoms with Crippen LogP contribution in [0, 0.1) is 0 Å². The molecule has 1 amide bonds. The zero-order chi connectivity index (χ0) is 13.0. The number of carbonyl (C=O) groups excluding carboxylic acids is 1. The maximum Gasteiger partial charge on any atom is 0.227 e. The molecule has 3 N–H and O–H groups in total. The van der Waals surface area contributed by atoms with Crippen LogP contribution in [0.2, 0.25) is 0 Å². The van der Waals surface area contributed by atoms with Crippen molar-refractivity contribution >= 4 is 5.91 Å². The van der Waals surface area contributed by atoms with Crippen LogP contribution >= 0.6 is 0 Å². The van der Waals surface area contributed by atoms with E-state index in [1.54, 1.807) is 7.11 Å². The smallest absolute Gasteiger partial charge is 0.227 e. The molecule has 98 valence electrons. The van der Waals surface area contributed by atoms with E-state index in [9.17, 15) is 4.79 Å². The van der Waals surface area contributed by atoms with Gasteiger partial charge in [-0.15, -0.1) is 0 Å². The fraction of sp³-hybridized carbons (Fsp3) is 0.500. The molecule has 1 aliphatic rings. The zero-order valence-corrected chi connectivity index (χ0v) is 10.7. The third kappa shape index (κ3) is 3.01. The lowest BCUT2D eigenvalue weighted by molar-refractivity contribution is -0.122. The monoisotopic (exact) mass is 248 g/mol. The van der Waals surface area contributed by atoms with Crippen molar-refractivity contribution in [2.24, 2.45) is 5.73 Å². The molecule has 1 aliphatic carbocycles. The third-order valence-electron chi connectivity index (χ3n) is 3.21. The first kappa shape index (κ1) is 12.9. The molecule has 0 aliphatic heterocycles. The van der Waals surface area contributed by atoms with Crippen LogP contribution in [-0.4, -0.2) is 25.6 Å². The second kappa shape index (κ2) is 5.87. The van der Waals surface area contributed by atoms with Crippen LogP contribution in [0.25, 0.3) is 0 Å². The van der Waals surface area contributed by atoms with E-state index in [1.165, 1.54) is 0 Å². The molecule has 1 unspecified atom stereocenters. The molecule has 0 aromatic heterocycles. The highest BCUT2D eigenvalue weighted by Crippen LogP contribution is 2.30. The fourth-order valence-electron chi connectivity index (χ4n) is 2.08. The molecular formula is C14H20N2O2. The number of rotatable bonds is 6. The van der Waals surface area contributed by atoms with E-state index >= 15 is 0 Å². The predicted molar refractivity (Wildman–Crippen MR) is 70.6 cm³/mol. The van der Waals surface area contributed by atoms with Crippen LogP contribution in [0.3, 0.4) is 0 Å². The van der Waals surface area contributed by atoms with Crippen molar-refractivity contribution in [3.8, 4) is 5.75 Å². The molecule has 18 heavy (non-hydrogen) atoms. The Morgan fingerprint density at radius 3 is 2.83 bits per heavy atom. The van der Waals surface area contributed by atoms with Gasteiger partial charge >= 0.3 is 0 Å². The van der Waals surface area contributed by atoms with E-state index < -0.39 is 0 Å². The highest BCUT2D eigenvalue weighted by molar-refractivity contribution is 5.85. The molecule has 0 saturated heterocycles. The first-order valence-electron chi connectivity index (χ1n) is 6.39. The van der Waals surface area contributed by atoms with Gasteiger partial charge in [-0.25, -0.2) is 0 Å². The highest BCUT2D eigenvalue weighted by atomic mass is 16.5. The number of ether oxygens (including phenoxy) is 1. The quantitative estimate of drug-likeness (QED) is 0.800. The number of hydrogen-bond acceptors (Lipinski definition) is 3. The van der Waals surface area contributed by atoms with E-state index in [4.69, 9.17) is 10.5 Å². The Hall–Kier alpha value is -1.55. The normalized spacial score (nSPS) is 16.1. The molecule has 4 heteroatoms. The van der Waals surface area contributed by atoms with Crippen molar-refractivity contribution < 1.29 is 9.53 Å². The van der Waals surface area contributed by atoms with Gasteiger partial charge in [0.1, 0.15) is 5.75 Å². The summed E-state index contributed by atoms with van der Waals surface area (Å²) in [7, 11) is 1.62. The standard InChI is InChI=1S/C14H20N2O2/c1-18-13-5-3-2-4-11(13)12(8-9-15)14(17)16-10-6-7-10/h2-5,10,12H,6-9,15H2,1H3,(H,16,17). The van der Waals surface area contributed by atoms with Gasteiger partial charge in [0, 0.05) is 11.6 Å². The predicted octanol–water partition coefficient (Wildman–Crippen LogP) is 1.41. The summed E-state index contributed by atoms with van der Waals surface area (Å²) in [4.78, 5) is 12.2. The summed E-state index contributed by atoms with van der Waals surface area (Å²) in [5.74, 6) is 0.598. The molecule has 0 spiro atoms. The number of nitrogens with two attached hydrogens (primary N) is 1. The molecule has 1 aromatic carbocycles. The molecule has 0 heterocycles. The molecule has 0 radical (unpaired) electrons. The van der Waals surface area contributed by atoms with Gasteiger partial charge in [0.15, 0.2) is 0 Å². The Kier molecular flexibility index (Phi) is 4.20. The molecular weight excluding hydrogens is 228 g/mol. The highest BCUT2D eigenvalue weighted by Gasteiger charge is 2.29. The van der Waals surface area contributed by atoms with Crippen LogP contribution in [0.15, 0.2) is 24.3 Å². The van der Waals surface area contributed by atoms with Gasteiger partial charge in [0.25, 0.3) is 0 Å². The van der Waals surface area contributed by atoms with Crippen molar-refractivity contribution in [3.05, 3.63) is 29.8 Å². The average Bonchev–Trinajstić information content (AvgIpc) is 3.19. The number of carbonyl (C=O) groups is 1. The van der Waals surface area contributed by atoms with E-state index in [0.29, 0.717) is 19.0 Å². The second-order valence-corrected chi connectivity index (χ2v) is 4.65. The van der Waals surface area contributed by atoms with E-state index in [0.717, 1.165) is 24.2 Å². The second-order valence-electron chi connectivity index (χ2n) is 4.65. The molecule has 1 atom stereocenters. The minimum absolute atomic E-state index is 0.0625. The van der Waals surface area contributed by atoms with Crippen LogP contribution in [0.5, 0.6) is 5.75 Å². The fourth-order valence-corrected chi connectivity index (χ4v) is 2.08. The number of amides is 1. The molecule has 1 aromatic rings. The van der Waals surface area contributed by atoms with Gasteiger partial charge in [-0.1, -0.05) is 18.2 Å². The zero-order valence-electron chi connectivity index (χ0n) is 10.7. The topological polar surface area (TPSA) is 64.3 Å². The summed E-state index contributed by atoms with van der Waals surface area (Å²) in [6.07, 6.45) is 2.82. The third-order valence-corrected chi connectivity index (χ3v) is 3.21. The molecule has 4 nitrogen and oxygen atoms in total. The summed E-state index contributed by atoms with van der Waals surface area (Å²) < 4.78 is 5.32. The minimum Gasteiger partial charge on any atom is -0.496 e. The summed E-state index contributed by atoms with van der Waals surface area (Å²) in [6, 6.07) is 8.01. The van der Waals surface area contributed by atoms with Crippen LogP contribution in [-0.2, 0) is 4.79 Å². The Bertz CT molecular complexity index is 416. The van der Waals surface area contributed by atoms with Crippen molar-refractivity contribution in [1.29, 1.82) is 0 Å². The number of nitrogens with one attached hydrogen (secondary N) is 1. The molecule has 2 rings (SSSR count). The Morgan fingerprint density at radius 1 is 1.50 bits per heavy atom. The number of para-hydroxylation sites is 1. The summed E-state index contributed by atoms with van der Waals surface area (Å²) >= 11 is 0. The van der Waals surface area contributed by atoms with Crippen molar-refractivity contribution in [2.45, 2.75) is 31.2 Å². The number of hydrogen-bond donors (Lipinski definition) is 2. The first-order valence-corrected chi connectivity index (χ1v) is 6.39. The first-order chi connectivity index (χ1) is 8.76. The maximum atomic E-state index is 12.2. The Labute approximate surface area is 108 Å². The lowest BCUT2D eigenvalue weighted by Gasteiger charge is -2.18. The van der Waals surface area contributed by atoms with Crippen LogP contribution < -0.4 is 15.8 Å². The van der Waals surface area contributed by atoms with Gasteiger partial charge in [0.05, 0.1) is 13.0 Å². The van der Waals surface area contributed by atoms with Gasteiger partial charge in [-0.05, 0) is 31.9 Å². The maximum absolute atomic E-state index is 12.2. The summed E-state index contributed by atoms with van der Waals surface area (Å²) in [6.45, 7) is 0.487. The average molecular weight is 248 g/mol. The Morgan fingerprint density at radius 2 is 2.22 bits per heavy atom.